The van der Waals surface area contributed by atoms with E-state index in [1.165, 1.54) is 48.7 Å². The standard InChI is InChI=1S/C52H33N3S/c1-3-14-34(15-4-1)35-26-28-37(29-27-35)50-53-49(36-16-5-2-6-17-36)54-51(55-50)40-19-13-18-38(32-40)39-30-31-48-46(33-39)52(45-24-11-12-25-47(45)56-48)43-22-9-7-20-41(43)42-21-8-10-23-44(42)52/h1-33H. The van der Waals surface area contributed by atoms with Gasteiger partial charge in [-0.25, -0.2) is 15.0 Å². The van der Waals surface area contributed by atoms with Crippen LogP contribution in [0.25, 0.3) is 67.5 Å². The molecule has 56 heavy (non-hydrogen) atoms. The highest BCUT2D eigenvalue weighted by molar-refractivity contribution is 7.99. The molecule has 2 aliphatic rings. The van der Waals surface area contributed by atoms with Crippen LogP contribution in [0, 0.1) is 0 Å². The first kappa shape index (κ1) is 32.5. The van der Waals surface area contributed by atoms with Gasteiger partial charge in [-0.1, -0.05) is 188 Å². The molecule has 262 valence electrons. The third kappa shape index (κ3) is 5.18. The smallest absolute Gasteiger partial charge is 0.164 e. The van der Waals surface area contributed by atoms with Crippen LogP contribution in [0.1, 0.15) is 22.3 Å². The summed E-state index contributed by atoms with van der Waals surface area (Å²) in [6.45, 7) is 0. The minimum absolute atomic E-state index is 0.429. The average molecular weight is 732 g/mol. The fourth-order valence-electron chi connectivity index (χ4n) is 8.67. The van der Waals surface area contributed by atoms with Crippen molar-refractivity contribution in [1.82, 2.24) is 15.0 Å². The number of nitrogens with zero attached hydrogens (tertiary/aromatic N) is 3. The van der Waals surface area contributed by atoms with Crippen molar-refractivity contribution in [2.24, 2.45) is 0 Å². The van der Waals surface area contributed by atoms with E-state index in [0.29, 0.717) is 17.5 Å². The summed E-state index contributed by atoms with van der Waals surface area (Å²) in [5.74, 6) is 1.93. The number of aromatic nitrogens is 3. The van der Waals surface area contributed by atoms with E-state index in [1.807, 2.05) is 36.0 Å². The van der Waals surface area contributed by atoms with Gasteiger partial charge in [-0.15, -0.1) is 0 Å². The lowest BCUT2D eigenvalue weighted by Crippen LogP contribution is -2.32. The van der Waals surface area contributed by atoms with Crippen LogP contribution in [0.4, 0.5) is 0 Å². The van der Waals surface area contributed by atoms with Crippen LogP contribution in [0.3, 0.4) is 0 Å². The van der Waals surface area contributed by atoms with Crippen LogP contribution >= 0.6 is 11.8 Å². The molecule has 0 atom stereocenters. The van der Waals surface area contributed by atoms with Gasteiger partial charge in [-0.3, -0.25) is 0 Å². The molecule has 9 aromatic rings. The van der Waals surface area contributed by atoms with E-state index in [9.17, 15) is 0 Å². The van der Waals surface area contributed by atoms with Gasteiger partial charge in [0.25, 0.3) is 0 Å². The van der Waals surface area contributed by atoms with Crippen molar-refractivity contribution in [2.45, 2.75) is 15.2 Å². The van der Waals surface area contributed by atoms with Gasteiger partial charge in [-0.2, -0.15) is 0 Å². The topological polar surface area (TPSA) is 38.7 Å². The Bertz CT molecular complexity index is 2890. The SMILES string of the molecule is c1ccc(-c2ccc(-c3nc(-c4ccccc4)nc(-c4cccc(-c5ccc6c(c5)C5(c7ccccc7S6)c6ccccc6-c6ccccc65)c4)n3)cc2)cc1. The lowest BCUT2D eigenvalue weighted by atomic mass is 9.67. The Labute approximate surface area is 330 Å². The summed E-state index contributed by atoms with van der Waals surface area (Å²) in [5, 5.41) is 0. The Morgan fingerprint density at radius 2 is 0.714 bits per heavy atom. The largest absolute Gasteiger partial charge is 0.208 e. The van der Waals surface area contributed by atoms with Crippen molar-refractivity contribution in [3.63, 3.8) is 0 Å². The molecular formula is C52H33N3S. The van der Waals surface area contributed by atoms with Crippen LogP contribution in [-0.2, 0) is 5.41 Å². The van der Waals surface area contributed by atoms with Crippen LogP contribution in [0.2, 0.25) is 0 Å². The first-order valence-corrected chi connectivity index (χ1v) is 19.8. The number of hydrogen-bond donors (Lipinski definition) is 0. The second-order valence-corrected chi connectivity index (χ2v) is 15.4. The molecule has 2 heterocycles. The highest BCUT2D eigenvalue weighted by Gasteiger charge is 2.50. The van der Waals surface area contributed by atoms with Gasteiger partial charge in [0.2, 0.25) is 0 Å². The molecule has 11 rings (SSSR count). The average Bonchev–Trinajstić information content (AvgIpc) is 3.57. The van der Waals surface area contributed by atoms with E-state index in [2.05, 4.69) is 176 Å². The Morgan fingerprint density at radius 1 is 0.286 bits per heavy atom. The first-order chi connectivity index (χ1) is 27.7. The molecule has 1 aromatic heterocycles. The second kappa shape index (κ2) is 13.2. The Kier molecular flexibility index (Phi) is 7.64. The molecule has 8 aromatic carbocycles. The highest BCUT2D eigenvalue weighted by Crippen LogP contribution is 2.62. The lowest BCUT2D eigenvalue weighted by molar-refractivity contribution is 0.723. The lowest BCUT2D eigenvalue weighted by Gasteiger charge is -2.40. The Morgan fingerprint density at radius 3 is 1.39 bits per heavy atom. The van der Waals surface area contributed by atoms with Gasteiger partial charge in [-0.05, 0) is 79.9 Å². The minimum Gasteiger partial charge on any atom is -0.208 e. The van der Waals surface area contributed by atoms with E-state index in [4.69, 9.17) is 15.0 Å². The van der Waals surface area contributed by atoms with Crippen LogP contribution in [0.5, 0.6) is 0 Å². The normalized spacial score (nSPS) is 13.1. The van der Waals surface area contributed by atoms with Crippen LogP contribution < -0.4 is 0 Å². The zero-order valence-electron chi connectivity index (χ0n) is 30.3. The predicted molar refractivity (Wildman–Crippen MR) is 228 cm³/mol. The maximum absolute atomic E-state index is 5.11. The van der Waals surface area contributed by atoms with Gasteiger partial charge >= 0.3 is 0 Å². The maximum atomic E-state index is 5.11. The van der Waals surface area contributed by atoms with Crippen LogP contribution in [0.15, 0.2) is 210 Å². The highest BCUT2D eigenvalue weighted by atomic mass is 32.2. The maximum Gasteiger partial charge on any atom is 0.164 e. The molecule has 0 N–H and O–H groups in total. The van der Waals surface area contributed by atoms with Crippen molar-refractivity contribution in [3.8, 4) is 67.5 Å². The predicted octanol–water partition coefficient (Wildman–Crippen LogP) is 13.0. The third-order valence-corrected chi connectivity index (χ3v) is 12.4. The zero-order chi connectivity index (χ0) is 37.1. The first-order valence-electron chi connectivity index (χ1n) is 18.9. The molecule has 0 bridgehead atoms. The Hall–Kier alpha value is -6.88. The Balaban J connectivity index is 1.05. The van der Waals surface area contributed by atoms with Gasteiger partial charge < -0.3 is 0 Å². The molecule has 0 saturated carbocycles. The summed E-state index contributed by atoms with van der Waals surface area (Å²) in [5.41, 5.74) is 14.9. The third-order valence-electron chi connectivity index (χ3n) is 11.2. The van der Waals surface area contributed by atoms with Gasteiger partial charge in [0.1, 0.15) is 0 Å². The molecule has 0 fully saturated rings. The summed E-state index contributed by atoms with van der Waals surface area (Å²) >= 11 is 1.87. The van der Waals surface area contributed by atoms with Crippen molar-refractivity contribution in [2.75, 3.05) is 0 Å². The molecule has 3 nitrogen and oxygen atoms in total. The van der Waals surface area contributed by atoms with Crippen molar-refractivity contribution in [3.05, 3.63) is 222 Å². The van der Waals surface area contributed by atoms with Crippen molar-refractivity contribution < 1.29 is 0 Å². The fourth-order valence-corrected chi connectivity index (χ4v) is 9.84. The van der Waals surface area contributed by atoms with Crippen molar-refractivity contribution in [1.29, 1.82) is 0 Å². The summed E-state index contributed by atoms with van der Waals surface area (Å²) in [6.07, 6.45) is 0. The van der Waals surface area contributed by atoms with E-state index < -0.39 is 5.41 Å². The zero-order valence-corrected chi connectivity index (χ0v) is 31.1. The quantitative estimate of drug-likeness (QED) is 0.177. The van der Waals surface area contributed by atoms with Gasteiger partial charge in [0.15, 0.2) is 17.5 Å². The summed E-state index contributed by atoms with van der Waals surface area (Å²) < 4.78 is 0. The monoisotopic (exact) mass is 731 g/mol. The molecule has 0 amide bonds. The number of benzene rings is 8. The molecule has 0 unspecified atom stereocenters. The van der Waals surface area contributed by atoms with Crippen LogP contribution in [-0.4, -0.2) is 15.0 Å². The summed E-state index contributed by atoms with van der Waals surface area (Å²) in [4.78, 5) is 17.8. The molecule has 1 aliphatic carbocycles. The molecule has 0 radical (unpaired) electrons. The molecule has 1 spiro atoms. The molecule has 0 saturated heterocycles. The van der Waals surface area contributed by atoms with Gasteiger partial charge in [0.05, 0.1) is 5.41 Å². The second-order valence-electron chi connectivity index (χ2n) is 14.3. The summed E-state index contributed by atoms with van der Waals surface area (Å²) in [6, 6.07) is 71.6. The minimum atomic E-state index is -0.429. The van der Waals surface area contributed by atoms with E-state index >= 15 is 0 Å². The van der Waals surface area contributed by atoms with E-state index in [0.717, 1.165) is 33.4 Å². The molecule has 4 heteroatoms. The fraction of sp³-hybridized carbons (Fsp3) is 0.0192. The van der Waals surface area contributed by atoms with Crippen molar-refractivity contribution >= 4 is 11.8 Å². The molecular weight excluding hydrogens is 699 g/mol. The number of hydrogen-bond acceptors (Lipinski definition) is 4. The van der Waals surface area contributed by atoms with E-state index in [-0.39, 0.29) is 0 Å². The van der Waals surface area contributed by atoms with Gasteiger partial charge in [0, 0.05) is 26.5 Å². The number of rotatable bonds is 5. The summed E-state index contributed by atoms with van der Waals surface area (Å²) in [7, 11) is 0. The van der Waals surface area contributed by atoms with E-state index in [1.54, 1.807) is 0 Å². The number of fused-ring (bicyclic) bond motifs is 9. The molecule has 1 aliphatic heterocycles.